The minimum Gasteiger partial charge on any atom is -0.497 e. The quantitative estimate of drug-likeness (QED) is 0.0500. The highest BCUT2D eigenvalue weighted by Gasteiger charge is 2.36. The molecule has 2 unspecified atom stereocenters. The lowest BCUT2D eigenvalue weighted by atomic mass is 9.85. The van der Waals surface area contributed by atoms with E-state index >= 15 is 0 Å². The van der Waals surface area contributed by atoms with Gasteiger partial charge in [-0.3, -0.25) is 24.0 Å². The minimum atomic E-state index is -1.15. The molecule has 0 saturated carbocycles. The number of aliphatic carboxylic acids is 1. The number of esters is 1. The van der Waals surface area contributed by atoms with Crippen LogP contribution in [-0.4, -0.2) is 72.6 Å². The van der Waals surface area contributed by atoms with E-state index in [0.29, 0.717) is 18.2 Å². The van der Waals surface area contributed by atoms with Crippen LogP contribution in [0.5, 0.6) is 5.75 Å². The summed E-state index contributed by atoms with van der Waals surface area (Å²) in [7, 11) is 2.81. The van der Waals surface area contributed by atoms with E-state index in [1.165, 1.54) is 45.6 Å². The maximum Gasteiger partial charge on any atom is 0.326 e. The van der Waals surface area contributed by atoms with Gasteiger partial charge in [0.15, 0.2) is 5.43 Å². The number of amides is 3. The first-order chi connectivity index (χ1) is 28.5. The maximum atomic E-state index is 12.9. The first-order valence-corrected chi connectivity index (χ1v) is 21.1. The Morgan fingerprint density at radius 2 is 1.52 bits per heavy atom. The van der Waals surface area contributed by atoms with Crippen molar-refractivity contribution in [2.24, 2.45) is 11.3 Å². The molecule has 0 fully saturated rings. The zero-order valence-electron chi connectivity index (χ0n) is 37.3. The van der Waals surface area contributed by atoms with Crippen LogP contribution in [0.3, 0.4) is 0 Å². The molecular weight excluding hydrogens is 765 g/mol. The van der Waals surface area contributed by atoms with Crippen LogP contribution in [0.2, 0.25) is 0 Å². The lowest BCUT2D eigenvalue weighted by Crippen LogP contribution is -2.55. The van der Waals surface area contributed by atoms with E-state index < -0.39 is 53.1 Å². The Morgan fingerprint density at radius 1 is 0.867 bits per heavy atom. The second-order valence-corrected chi connectivity index (χ2v) is 15.7. The van der Waals surface area contributed by atoms with Gasteiger partial charge in [-0.2, -0.15) is 0 Å². The van der Waals surface area contributed by atoms with Crippen molar-refractivity contribution in [2.45, 2.75) is 131 Å². The number of carbonyl (C=O) groups is 5. The van der Waals surface area contributed by atoms with Crippen molar-refractivity contribution < 1.29 is 38.6 Å². The standard InChI is InChI=1S/C22H37N3O7.C17H15NO2.C8H18/c1-8-10-14(19(28)24-15(11-9-2)21(30)31)13(3)18(27)25-17(22(4,5)6)20(29)23-12-16(26)32-7;1-20-13-8-9-14-16(10-13)18-15(11-17(14)19)12-6-4-2-3-5-7-12;1-3-5-7-8-6-4-2/h14-15,17H,3,8-12H2,1-2,4-7H3,(H,23,29)(H,24,28)(H,25,27)(H,30,31);2-4,6-11H,5H2,1H3,(H,18,19);3-8H2,1-2H3/t14?,15-,17?;;/m0../s1. The molecule has 13 heteroatoms. The van der Waals surface area contributed by atoms with Crippen LogP contribution in [0.1, 0.15) is 125 Å². The van der Waals surface area contributed by atoms with Gasteiger partial charge in [-0.15, -0.1) is 0 Å². The van der Waals surface area contributed by atoms with Crippen LogP contribution in [0, 0.1) is 11.3 Å². The summed E-state index contributed by atoms with van der Waals surface area (Å²) in [6.45, 7) is 16.7. The molecule has 0 saturated heterocycles. The number of aromatic nitrogens is 1. The van der Waals surface area contributed by atoms with Gasteiger partial charge >= 0.3 is 11.9 Å². The molecular formula is C47H70N4O9. The molecule has 0 bridgehead atoms. The molecule has 5 N–H and O–H groups in total. The van der Waals surface area contributed by atoms with Crippen molar-refractivity contribution in [1.82, 2.24) is 20.9 Å². The molecule has 1 aromatic carbocycles. The molecule has 1 heterocycles. The van der Waals surface area contributed by atoms with Crippen molar-refractivity contribution in [1.29, 1.82) is 0 Å². The van der Waals surface area contributed by atoms with Gasteiger partial charge in [-0.25, -0.2) is 4.79 Å². The summed E-state index contributed by atoms with van der Waals surface area (Å²) in [5, 5.41) is 17.4. The summed E-state index contributed by atoms with van der Waals surface area (Å²) in [4.78, 5) is 76.4. The number of aromatic amines is 1. The number of allylic oxidation sites excluding steroid dienone is 6. The SMILES string of the molecule is C=C(C(=O)NC(C(=O)NCC(=O)OC)C(C)(C)C)C(CCC)C(=O)N[C@@H](CCC)C(=O)O.CCCCCCCC.COc1ccc2c(=O)cc(C3=CCC=CC=C3)[nH]c2c1. The average Bonchev–Trinajstić information content (AvgIpc) is 3.51. The summed E-state index contributed by atoms with van der Waals surface area (Å²) in [5.41, 5.74) is 1.88. The molecule has 13 nitrogen and oxygen atoms in total. The Kier molecular flexibility index (Phi) is 24.6. The van der Waals surface area contributed by atoms with Crippen LogP contribution in [0.25, 0.3) is 16.5 Å². The van der Waals surface area contributed by atoms with Crippen LogP contribution in [0.4, 0.5) is 0 Å². The summed E-state index contributed by atoms with van der Waals surface area (Å²) in [5.74, 6) is -3.89. The number of carbonyl (C=O) groups excluding carboxylic acids is 4. The molecule has 3 amide bonds. The van der Waals surface area contributed by atoms with E-state index in [9.17, 15) is 33.9 Å². The molecule has 1 aromatic heterocycles. The molecule has 3 rings (SSSR count). The number of pyridine rings is 1. The Bertz CT molecular complexity index is 1860. The number of hydrogen-bond donors (Lipinski definition) is 5. The number of carboxylic acids is 1. The van der Waals surface area contributed by atoms with E-state index in [1.54, 1.807) is 53.0 Å². The number of nitrogens with one attached hydrogen (secondary N) is 4. The van der Waals surface area contributed by atoms with Gasteiger partial charge in [0.25, 0.3) is 0 Å². The number of methoxy groups -OCH3 is 2. The van der Waals surface area contributed by atoms with E-state index in [1.807, 2.05) is 31.2 Å². The van der Waals surface area contributed by atoms with E-state index in [0.717, 1.165) is 29.0 Å². The van der Waals surface area contributed by atoms with Crippen molar-refractivity contribution in [2.75, 3.05) is 20.8 Å². The van der Waals surface area contributed by atoms with Crippen molar-refractivity contribution in [3.05, 3.63) is 82.7 Å². The monoisotopic (exact) mass is 835 g/mol. The van der Waals surface area contributed by atoms with E-state index in [4.69, 9.17) is 4.74 Å². The predicted molar refractivity (Wildman–Crippen MR) is 239 cm³/mol. The van der Waals surface area contributed by atoms with Gasteiger partial charge < -0.3 is 35.5 Å². The van der Waals surface area contributed by atoms with Crippen molar-refractivity contribution in [3.8, 4) is 5.75 Å². The molecule has 0 radical (unpaired) electrons. The molecule has 60 heavy (non-hydrogen) atoms. The summed E-state index contributed by atoms with van der Waals surface area (Å²) >= 11 is 0. The molecule has 1 aliphatic rings. The third kappa shape index (κ3) is 18.6. The number of fused-ring (bicyclic) bond motifs is 1. The summed E-state index contributed by atoms with van der Waals surface area (Å²) in [6, 6.07) is 5.00. The van der Waals surface area contributed by atoms with Gasteiger partial charge in [0.05, 0.1) is 25.7 Å². The smallest absolute Gasteiger partial charge is 0.326 e. The molecule has 1 aliphatic carbocycles. The second-order valence-electron chi connectivity index (χ2n) is 15.7. The van der Waals surface area contributed by atoms with Crippen molar-refractivity contribution in [3.63, 3.8) is 0 Å². The lowest BCUT2D eigenvalue weighted by molar-refractivity contribution is -0.142. The molecule has 0 aliphatic heterocycles. The second kappa shape index (κ2) is 28.1. The topological polar surface area (TPSA) is 193 Å². The first-order valence-electron chi connectivity index (χ1n) is 21.1. The number of benzene rings is 1. The maximum absolute atomic E-state index is 12.9. The third-order valence-corrected chi connectivity index (χ3v) is 9.64. The highest BCUT2D eigenvalue weighted by molar-refractivity contribution is 6.02. The highest BCUT2D eigenvalue weighted by atomic mass is 16.5. The van der Waals surface area contributed by atoms with Gasteiger partial charge in [0.1, 0.15) is 24.4 Å². The lowest BCUT2D eigenvalue weighted by Gasteiger charge is -2.31. The Morgan fingerprint density at radius 3 is 2.07 bits per heavy atom. The van der Waals surface area contributed by atoms with Crippen LogP contribution < -0.4 is 26.1 Å². The molecule has 3 atom stereocenters. The number of H-pyrrole nitrogens is 1. The summed E-state index contributed by atoms with van der Waals surface area (Å²) < 4.78 is 9.70. The fourth-order valence-corrected chi connectivity index (χ4v) is 6.11. The fraction of sp³-hybridized carbons (Fsp3) is 0.532. The highest BCUT2D eigenvalue weighted by Crippen LogP contribution is 2.23. The Balaban J connectivity index is 0.000000538. The molecule has 0 spiro atoms. The summed E-state index contributed by atoms with van der Waals surface area (Å²) in [6.07, 6.45) is 21.2. The minimum absolute atomic E-state index is 0.0166. The Hall–Kier alpha value is -5.46. The van der Waals surface area contributed by atoms with Gasteiger partial charge in [0, 0.05) is 28.8 Å². The van der Waals surface area contributed by atoms with E-state index in [-0.39, 0.29) is 30.4 Å². The average molecular weight is 835 g/mol. The number of carboxylic acid groups (broad SMARTS) is 1. The van der Waals surface area contributed by atoms with Gasteiger partial charge in [-0.05, 0) is 42.4 Å². The van der Waals surface area contributed by atoms with Crippen LogP contribution >= 0.6 is 0 Å². The normalized spacial score (nSPS) is 13.4. The molecule has 332 valence electrons. The number of rotatable bonds is 20. The molecule has 2 aromatic rings. The largest absolute Gasteiger partial charge is 0.497 e. The van der Waals surface area contributed by atoms with Gasteiger partial charge in [0.2, 0.25) is 17.7 Å². The van der Waals surface area contributed by atoms with Crippen LogP contribution in [0.15, 0.2) is 71.6 Å². The zero-order chi connectivity index (χ0) is 45.3. The Labute approximate surface area is 356 Å². The third-order valence-electron chi connectivity index (χ3n) is 9.64. The van der Waals surface area contributed by atoms with Crippen molar-refractivity contribution >= 4 is 46.1 Å². The number of ether oxygens (including phenoxy) is 2. The predicted octanol–water partition coefficient (Wildman–Crippen LogP) is 7.95. The number of hydrogen-bond acceptors (Lipinski definition) is 8. The van der Waals surface area contributed by atoms with Crippen LogP contribution in [-0.2, 0) is 28.7 Å². The van der Waals surface area contributed by atoms with Gasteiger partial charge in [-0.1, -0.05) is 137 Å². The fourth-order valence-electron chi connectivity index (χ4n) is 6.11. The number of unbranched alkanes of at least 4 members (excludes halogenated alkanes) is 5. The zero-order valence-corrected chi connectivity index (χ0v) is 37.3. The first kappa shape index (κ1) is 52.6. The van der Waals surface area contributed by atoms with E-state index in [2.05, 4.69) is 58.2 Å².